The van der Waals surface area contributed by atoms with Crippen LogP contribution in [0.3, 0.4) is 0 Å². The van der Waals surface area contributed by atoms with E-state index in [1.807, 2.05) is 23.1 Å². The second-order valence-corrected chi connectivity index (χ2v) is 10.1. The Kier molecular flexibility index (Phi) is 8.66. The van der Waals surface area contributed by atoms with Gasteiger partial charge in [-0.25, -0.2) is 8.78 Å². The lowest BCUT2D eigenvalue weighted by molar-refractivity contribution is -0.133. The summed E-state index contributed by atoms with van der Waals surface area (Å²) in [5, 5.41) is 0. The average Bonchev–Trinajstić information content (AvgIpc) is 3.16. The van der Waals surface area contributed by atoms with Gasteiger partial charge < -0.3 is 14.7 Å². The number of rotatable bonds is 8. The summed E-state index contributed by atoms with van der Waals surface area (Å²) in [4.78, 5) is 18.8. The van der Waals surface area contributed by atoms with Crippen LogP contribution in [0.2, 0.25) is 0 Å². The van der Waals surface area contributed by atoms with Crippen LogP contribution < -0.4 is 4.90 Å². The Morgan fingerprint density at radius 1 is 0.857 bits per heavy atom. The maximum absolute atomic E-state index is 14.2. The Hall–Kier alpha value is -2.18. The number of likely N-dealkylation sites (tertiary alicyclic amines) is 2. The summed E-state index contributed by atoms with van der Waals surface area (Å²) in [5.41, 5.74) is 3.10. The van der Waals surface area contributed by atoms with Crippen LogP contribution in [-0.2, 0) is 4.79 Å². The molecule has 2 atom stereocenters. The molecule has 3 aliphatic heterocycles. The van der Waals surface area contributed by atoms with Gasteiger partial charge in [-0.1, -0.05) is 12.8 Å². The van der Waals surface area contributed by atoms with Crippen LogP contribution >= 0.6 is 12.4 Å². The van der Waals surface area contributed by atoms with Crippen molar-refractivity contribution in [3.8, 4) is 0 Å². The van der Waals surface area contributed by atoms with E-state index in [0.717, 1.165) is 94.6 Å². The van der Waals surface area contributed by atoms with Crippen molar-refractivity contribution in [3.63, 3.8) is 0 Å². The number of hydrogen-bond donors (Lipinski definition) is 0. The summed E-state index contributed by atoms with van der Waals surface area (Å²) in [6, 6.07) is 12.0. The minimum Gasteiger partial charge on any atom is -0.343 e. The summed E-state index contributed by atoms with van der Waals surface area (Å²) in [5.74, 6) is 0.158. The van der Waals surface area contributed by atoms with Gasteiger partial charge in [0.05, 0.1) is 0 Å². The minimum absolute atomic E-state index is 0. The molecular weight excluding hydrogens is 468 g/mol. The predicted octanol–water partition coefficient (Wildman–Crippen LogP) is 6.27. The lowest BCUT2D eigenvalue weighted by Crippen LogP contribution is -2.45. The number of amides is 1. The molecule has 1 amide bonds. The summed E-state index contributed by atoms with van der Waals surface area (Å²) < 4.78 is 27.7. The third-order valence-electron chi connectivity index (χ3n) is 7.82. The number of piperidine rings is 2. The number of hydrogen-bond acceptors (Lipinski definition) is 3. The molecule has 0 aliphatic carbocycles. The summed E-state index contributed by atoms with van der Waals surface area (Å²) in [7, 11) is 0. The highest BCUT2D eigenvalue weighted by Crippen LogP contribution is 2.48. The maximum atomic E-state index is 14.2. The van der Waals surface area contributed by atoms with Crippen LogP contribution in [-0.4, -0.2) is 54.5 Å². The van der Waals surface area contributed by atoms with Gasteiger partial charge in [0.25, 0.3) is 0 Å². The lowest BCUT2D eigenvalue weighted by Gasteiger charge is -2.39. The number of nitrogens with zero attached hydrogens (tertiary/aromatic N) is 3. The van der Waals surface area contributed by atoms with E-state index in [2.05, 4.69) is 9.80 Å². The molecule has 0 bridgehead atoms. The molecule has 2 unspecified atom stereocenters. The van der Waals surface area contributed by atoms with Crippen molar-refractivity contribution in [1.82, 2.24) is 9.80 Å². The Morgan fingerprint density at radius 3 is 2.37 bits per heavy atom. The highest BCUT2D eigenvalue weighted by molar-refractivity contribution is 5.85. The number of carbonyl (C=O) groups excluding carboxylic acids is 1. The van der Waals surface area contributed by atoms with Crippen LogP contribution in [0.5, 0.6) is 0 Å². The molecule has 0 spiro atoms. The van der Waals surface area contributed by atoms with Gasteiger partial charge >= 0.3 is 0 Å². The third kappa shape index (κ3) is 5.80. The topological polar surface area (TPSA) is 26.8 Å². The van der Waals surface area contributed by atoms with Crippen molar-refractivity contribution in [3.05, 3.63) is 59.7 Å². The lowest BCUT2D eigenvalue weighted by atomic mass is 9.88. The standard InChI is InChI=1S/C28H35F2N3O.ClH/c29-21-8-11-23(12-9-21)33-26-13-10-22(30)19-24(26)25-20-31(18-14-27(25)33)15-4-1-2-5-16-32-17-6-3-7-28(32)34;/h8-13,19,25,27H,1-7,14-18,20H2;1H. The fourth-order valence-electron chi connectivity index (χ4n) is 6.07. The monoisotopic (exact) mass is 503 g/mol. The minimum atomic E-state index is -0.240. The molecule has 2 aromatic rings. The largest absolute Gasteiger partial charge is 0.343 e. The van der Waals surface area contributed by atoms with Crippen molar-refractivity contribution in [2.24, 2.45) is 0 Å². The first-order valence-corrected chi connectivity index (χ1v) is 12.9. The van der Waals surface area contributed by atoms with E-state index in [9.17, 15) is 13.6 Å². The third-order valence-corrected chi connectivity index (χ3v) is 7.82. The van der Waals surface area contributed by atoms with Crippen molar-refractivity contribution >= 4 is 29.7 Å². The van der Waals surface area contributed by atoms with Gasteiger partial charge in [0.1, 0.15) is 11.6 Å². The second kappa shape index (κ2) is 11.7. The molecule has 2 aromatic carbocycles. The first-order chi connectivity index (χ1) is 16.6. The molecule has 3 heterocycles. The molecule has 2 fully saturated rings. The molecule has 0 saturated carbocycles. The van der Waals surface area contributed by atoms with Crippen LogP contribution in [0, 0.1) is 11.6 Å². The Balaban J connectivity index is 0.00000289. The molecule has 190 valence electrons. The number of benzene rings is 2. The van der Waals surface area contributed by atoms with Gasteiger partial charge in [-0.05, 0) is 86.7 Å². The van der Waals surface area contributed by atoms with E-state index >= 15 is 0 Å². The van der Waals surface area contributed by atoms with Crippen LogP contribution in [0.15, 0.2) is 42.5 Å². The molecule has 35 heavy (non-hydrogen) atoms. The van der Waals surface area contributed by atoms with Gasteiger partial charge in [0.2, 0.25) is 5.91 Å². The number of anilines is 2. The molecule has 0 radical (unpaired) electrons. The number of halogens is 3. The predicted molar refractivity (Wildman–Crippen MR) is 139 cm³/mol. The molecule has 0 N–H and O–H groups in total. The van der Waals surface area contributed by atoms with Crippen molar-refractivity contribution in [2.45, 2.75) is 63.3 Å². The SMILES string of the molecule is Cl.O=C1CCCCN1CCCCCCN1CCC2C(C1)c1cc(F)ccc1N2c1ccc(F)cc1. The Bertz CT molecular complexity index is 1000. The van der Waals surface area contributed by atoms with Crippen molar-refractivity contribution in [2.75, 3.05) is 37.6 Å². The normalized spacial score (nSPS) is 22.1. The summed E-state index contributed by atoms with van der Waals surface area (Å²) in [6.45, 7) is 4.87. The molecule has 2 saturated heterocycles. The van der Waals surface area contributed by atoms with Crippen LogP contribution in [0.25, 0.3) is 0 Å². The zero-order valence-corrected chi connectivity index (χ0v) is 21.1. The van der Waals surface area contributed by atoms with Gasteiger partial charge in [-0.15, -0.1) is 12.4 Å². The van der Waals surface area contributed by atoms with Gasteiger partial charge in [0, 0.05) is 55.9 Å². The fraction of sp³-hybridized carbons (Fsp3) is 0.536. The number of unbranched alkanes of at least 4 members (excludes halogenated alkanes) is 3. The van der Waals surface area contributed by atoms with Gasteiger partial charge in [-0.3, -0.25) is 4.79 Å². The quantitative estimate of drug-likeness (QED) is 0.397. The van der Waals surface area contributed by atoms with Gasteiger partial charge in [0.15, 0.2) is 0 Å². The first-order valence-electron chi connectivity index (χ1n) is 12.9. The van der Waals surface area contributed by atoms with E-state index in [-0.39, 0.29) is 36.0 Å². The second-order valence-electron chi connectivity index (χ2n) is 10.1. The maximum Gasteiger partial charge on any atom is 0.222 e. The smallest absolute Gasteiger partial charge is 0.222 e. The Morgan fingerprint density at radius 2 is 1.60 bits per heavy atom. The fourth-order valence-corrected chi connectivity index (χ4v) is 6.07. The average molecular weight is 504 g/mol. The summed E-state index contributed by atoms with van der Waals surface area (Å²) >= 11 is 0. The van der Waals surface area contributed by atoms with E-state index in [4.69, 9.17) is 0 Å². The van der Waals surface area contributed by atoms with Crippen LogP contribution in [0.1, 0.15) is 62.8 Å². The highest BCUT2D eigenvalue weighted by Gasteiger charge is 2.42. The molecule has 0 aromatic heterocycles. The van der Waals surface area contributed by atoms with Crippen molar-refractivity contribution < 1.29 is 13.6 Å². The van der Waals surface area contributed by atoms with E-state index in [1.165, 1.54) is 24.6 Å². The molecule has 7 heteroatoms. The number of fused-ring (bicyclic) bond motifs is 3. The van der Waals surface area contributed by atoms with Crippen LogP contribution in [0.4, 0.5) is 20.2 Å². The van der Waals surface area contributed by atoms with Gasteiger partial charge in [-0.2, -0.15) is 0 Å². The molecule has 5 rings (SSSR count). The Labute approximate surface area is 213 Å². The molecule has 4 nitrogen and oxygen atoms in total. The van der Waals surface area contributed by atoms with E-state index in [1.54, 1.807) is 6.07 Å². The zero-order valence-electron chi connectivity index (χ0n) is 20.3. The number of carbonyl (C=O) groups is 1. The molecular formula is C28H36ClF2N3O. The molecule has 3 aliphatic rings. The summed E-state index contributed by atoms with van der Waals surface area (Å²) in [6.07, 6.45) is 8.52. The zero-order chi connectivity index (χ0) is 23.5. The van der Waals surface area contributed by atoms with E-state index in [0.29, 0.717) is 5.91 Å². The van der Waals surface area contributed by atoms with E-state index < -0.39 is 0 Å². The van der Waals surface area contributed by atoms with Crippen molar-refractivity contribution in [1.29, 1.82) is 0 Å². The highest BCUT2D eigenvalue weighted by atomic mass is 35.5. The first kappa shape index (κ1) is 25.9.